The van der Waals surface area contributed by atoms with Crippen LogP contribution in [-0.2, 0) is 4.74 Å². The van der Waals surface area contributed by atoms with Gasteiger partial charge < -0.3 is 15.0 Å². The van der Waals surface area contributed by atoms with Gasteiger partial charge in [0.25, 0.3) is 0 Å². The fourth-order valence-corrected chi connectivity index (χ4v) is 4.66. The van der Waals surface area contributed by atoms with Crippen LogP contribution < -0.4 is 5.32 Å². The number of benzene rings is 1. The Morgan fingerprint density at radius 1 is 1.37 bits per heavy atom. The first-order valence-corrected chi connectivity index (χ1v) is 10.5. The molecule has 0 saturated carbocycles. The van der Waals surface area contributed by atoms with Crippen molar-refractivity contribution in [2.45, 2.75) is 25.5 Å². The minimum Gasteiger partial charge on any atom is -0.382 e. The summed E-state index contributed by atoms with van der Waals surface area (Å²) < 4.78 is 5.51. The van der Waals surface area contributed by atoms with Crippen LogP contribution in [0, 0.1) is 0 Å². The van der Waals surface area contributed by atoms with Gasteiger partial charge in [0.2, 0.25) is 0 Å². The van der Waals surface area contributed by atoms with Crippen LogP contribution >= 0.6 is 22.9 Å². The quantitative estimate of drug-likeness (QED) is 0.812. The fraction of sp³-hybridized carbons (Fsp3) is 0.450. The Labute approximate surface area is 169 Å². The van der Waals surface area contributed by atoms with Crippen LogP contribution in [0.1, 0.15) is 18.9 Å². The Kier molecular flexibility index (Phi) is 5.41. The van der Waals surface area contributed by atoms with Crippen molar-refractivity contribution in [2.75, 3.05) is 39.1 Å². The third-order valence-corrected chi connectivity index (χ3v) is 6.49. The number of rotatable bonds is 3. The molecule has 1 saturated heterocycles. The summed E-state index contributed by atoms with van der Waals surface area (Å²) in [5.41, 5.74) is 3.05. The third-order valence-electron chi connectivity index (χ3n) is 5.42. The van der Waals surface area contributed by atoms with E-state index in [2.05, 4.69) is 40.5 Å². The van der Waals surface area contributed by atoms with Crippen LogP contribution in [0.2, 0.25) is 5.02 Å². The summed E-state index contributed by atoms with van der Waals surface area (Å²) in [6.45, 7) is 5.04. The molecule has 27 heavy (non-hydrogen) atoms. The highest BCUT2D eigenvalue weighted by Crippen LogP contribution is 2.39. The Bertz CT molecular complexity index is 852. The van der Waals surface area contributed by atoms with Gasteiger partial charge in [-0.2, -0.15) is 0 Å². The number of hydrogen-bond donors (Lipinski definition) is 1. The molecule has 1 unspecified atom stereocenters. The number of piperazine rings is 1. The number of ether oxygens (including phenoxy) is 1. The average molecular weight is 405 g/mol. The van der Waals surface area contributed by atoms with Gasteiger partial charge in [0.05, 0.1) is 23.0 Å². The molecular weight excluding hydrogens is 380 g/mol. The van der Waals surface area contributed by atoms with E-state index in [1.165, 1.54) is 0 Å². The van der Waals surface area contributed by atoms with E-state index in [9.17, 15) is 0 Å². The van der Waals surface area contributed by atoms with Crippen molar-refractivity contribution < 1.29 is 4.74 Å². The van der Waals surface area contributed by atoms with E-state index in [0.717, 1.165) is 53.8 Å². The SMILES string of the molecule is COC(C)C[C@H]1CN(C2=Nc3cc(Cl)ccc3Nc3sccc32)CCN1C. The number of amidine groups is 1. The summed E-state index contributed by atoms with van der Waals surface area (Å²) in [5.74, 6) is 1.03. The molecule has 1 aromatic carbocycles. The molecule has 5 nitrogen and oxygen atoms in total. The van der Waals surface area contributed by atoms with Crippen molar-refractivity contribution in [1.29, 1.82) is 0 Å². The van der Waals surface area contributed by atoms with Gasteiger partial charge in [0.15, 0.2) is 0 Å². The number of anilines is 2. The third kappa shape index (κ3) is 3.85. The van der Waals surface area contributed by atoms with Gasteiger partial charge in [0, 0.05) is 37.8 Å². The molecule has 144 valence electrons. The molecule has 0 amide bonds. The maximum Gasteiger partial charge on any atom is 0.139 e. The van der Waals surface area contributed by atoms with Gasteiger partial charge in [0.1, 0.15) is 10.8 Å². The van der Waals surface area contributed by atoms with Gasteiger partial charge in [-0.1, -0.05) is 11.6 Å². The van der Waals surface area contributed by atoms with Crippen LogP contribution in [0.5, 0.6) is 0 Å². The lowest BCUT2D eigenvalue weighted by atomic mass is 10.0. The number of thiophene rings is 1. The van der Waals surface area contributed by atoms with Crippen molar-refractivity contribution in [2.24, 2.45) is 4.99 Å². The lowest BCUT2D eigenvalue weighted by molar-refractivity contribution is 0.0565. The van der Waals surface area contributed by atoms with Gasteiger partial charge in [-0.15, -0.1) is 11.3 Å². The number of methoxy groups -OCH3 is 1. The molecule has 2 aromatic rings. The van der Waals surface area contributed by atoms with Crippen molar-refractivity contribution in [1.82, 2.24) is 9.80 Å². The van der Waals surface area contributed by atoms with E-state index in [1.807, 2.05) is 18.2 Å². The van der Waals surface area contributed by atoms with Crippen molar-refractivity contribution in [3.63, 3.8) is 0 Å². The summed E-state index contributed by atoms with van der Waals surface area (Å²) in [7, 11) is 3.98. The van der Waals surface area contributed by atoms with Crippen molar-refractivity contribution in [3.8, 4) is 0 Å². The number of nitrogens with zero attached hydrogens (tertiary/aromatic N) is 3. The Balaban J connectivity index is 1.69. The molecule has 0 spiro atoms. The molecule has 2 aliphatic rings. The number of likely N-dealkylation sites (N-methyl/N-ethyl adjacent to an activating group) is 1. The van der Waals surface area contributed by atoms with Gasteiger partial charge in [-0.05, 0) is 50.0 Å². The Hall–Kier alpha value is -1.60. The van der Waals surface area contributed by atoms with Crippen LogP contribution in [-0.4, -0.2) is 61.6 Å². The monoisotopic (exact) mass is 404 g/mol. The average Bonchev–Trinajstić information content (AvgIpc) is 3.05. The number of nitrogens with one attached hydrogen (secondary N) is 1. The standard InChI is InChI=1S/C20H25ClN4OS/c1-13(26-3)10-15-12-25(8-7-24(15)2)19-16-6-9-27-20(16)23-17-5-4-14(21)11-18(17)22-19/h4-6,9,11,13,15,23H,7-8,10,12H2,1-3H3/t13?,15-/m0/s1. The zero-order chi connectivity index (χ0) is 19.0. The van der Waals surface area contributed by atoms with Crippen molar-refractivity contribution in [3.05, 3.63) is 40.2 Å². The van der Waals surface area contributed by atoms with Crippen molar-refractivity contribution >= 4 is 45.1 Å². The van der Waals surface area contributed by atoms with E-state index >= 15 is 0 Å². The minimum atomic E-state index is 0.242. The first-order chi connectivity index (χ1) is 13.0. The highest BCUT2D eigenvalue weighted by atomic mass is 35.5. The summed E-state index contributed by atoms with van der Waals surface area (Å²) in [6.07, 6.45) is 1.25. The number of hydrogen-bond acceptors (Lipinski definition) is 6. The van der Waals surface area contributed by atoms with E-state index < -0.39 is 0 Å². The molecule has 1 N–H and O–H groups in total. The lowest BCUT2D eigenvalue weighted by Crippen LogP contribution is -2.54. The predicted octanol–water partition coefficient (Wildman–Crippen LogP) is 4.58. The molecule has 1 fully saturated rings. The maximum atomic E-state index is 6.24. The molecule has 3 heterocycles. The van der Waals surface area contributed by atoms with Gasteiger partial charge in [-0.3, -0.25) is 4.90 Å². The second kappa shape index (κ2) is 7.80. The molecule has 7 heteroatoms. The zero-order valence-electron chi connectivity index (χ0n) is 15.9. The normalized spacial score (nSPS) is 21.0. The van der Waals surface area contributed by atoms with Crippen LogP contribution in [0.25, 0.3) is 0 Å². The summed E-state index contributed by atoms with van der Waals surface area (Å²) in [5, 5.41) is 7.49. The first kappa shape index (κ1) is 18.7. The molecule has 1 aromatic heterocycles. The highest BCUT2D eigenvalue weighted by Gasteiger charge is 2.30. The molecule has 2 aliphatic heterocycles. The fourth-order valence-electron chi connectivity index (χ4n) is 3.70. The molecule has 4 rings (SSSR count). The summed E-state index contributed by atoms with van der Waals surface area (Å²) >= 11 is 7.94. The van der Waals surface area contributed by atoms with Crippen LogP contribution in [0.3, 0.4) is 0 Å². The van der Waals surface area contributed by atoms with E-state index in [4.69, 9.17) is 21.3 Å². The molecular formula is C20H25ClN4OS. The molecule has 2 atom stereocenters. The van der Waals surface area contributed by atoms with E-state index in [1.54, 1.807) is 18.4 Å². The lowest BCUT2D eigenvalue weighted by Gasteiger charge is -2.41. The molecule has 0 aliphatic carbocycles. The Morgan fingerprint density at radius 2 is 2.22 bits per heavy atom. The Morgan fingerprint density at radius 3 is 3.04 bits per heavy atom. The molecule has 0 bridgehead atoms. The summed E-state index contributed by atoms with van der Waals surface area (Å²) in [4.78, 5) is 9.89. The minimum absolute atomic E-state index is 0.242. The zero-order valence-corrected chi connectivity index (χ0v) is 17.5. The van der Waals surface area contributed by atoms with E-state index in [0.29, 0.717) is 11.1 Å². The molecule has 0 radical (unpaired) electrons. The first-order valence-electron chi connectivity index (χ1n) is 9.26. The van der Waals surface area contributed by atoms with Gasteiger partial charge >= 0.3 is 0 Å². The van der Waals surface area contributed by atoms with Crippen LogP contribution in [0.4, 0.5) is 16.4 Å². The van der Waals surface area contributed by atoms with Gasteiger partial charge in [-0.25, -0.2) is 4.99 Å². The van der Waals surface area contributed by atoms with E-state index in [-0.39, 0.29) is 6.10 Å². The topological polar surface area (TPSA) is 40.1 Å². The summed E-state index contributed by atoms with van der Waals surface area (Å²) in [6, 6.07) is 8.43. The number of halogens is 1. The maximum absolute atomic E-state index is 6.24. The second-order valence-corrected chi connectivity index (χ2v) is 8.60. The highest BCUT2D eigenvalue weighted by molar-refractivity contribution is 7.14. The smallest absolute Gasteiger partial charge is 0.139 e. The second-order valence-electron chi connectivity index (χ2n) is 7.25. The largest absolute Gasteiger partial charge is 0.382 e. The van der Waals surface area contributed by atoms with Crippen LogP contribution in [0.15, 0.2) is 34.6 Å². The number of aliphatic imine (C=N–C) groups is 1. The number of fused-ring (bicyclic) bond motifs is 2. The predicted molar refractivity (Wildman–Crippen MR) is 114 cm³/mol.